The zero-order valence-electron chi connectivity index (χ0n) is 16.0. The van der Waals surface area contributed by atoms with Crippen LogP contribution >= 0.6 is 12.2 Å². The summed E-state index contributed by atoms with van der Waals surface area (Å²) in [5.41, 5.74) is 0. The SMILES string of the molecule is O=C(CC1C(=O)NCCN1C(=S)NC(=O)c1ccco1)OCCOc1ccccc1. The van der Waals surface area contributed by atoms with E-state index in [0.717, 1.165) is 0 Å². The molecule has 1 aliphatic rings. The molecule has 1 aliphatic heterocycles. The number of nitrogens with one attached hydrogen (secondary N) is 2. The van der Waals surface area contributed by atoms with Gasteiger partial charge in [0.05, 0.1) is 12.7 Å². The van der Waals surface area contributed by atoms with Crippen LogP contribution in [0.2, 0.25) is 0 Å². The molecule has 1 saturated heterocycles. The van der Waals surface area contributed by atoms with Crippen LogP contribution in [0.5, 0.6) is 5.75 Å². The standard InChI is InChI=1S/C20H21N3O6S/c24-17(29-12-11-27-14-5-2-1-3-6-14)13-15-18(25)21-8-9-23(15)20(30)22-19(26)16-7-4-10-28-16/h1-7,10,15H,8-9,11-13H2,(H,21,25)(H,22,26,30). The summed E-state index contributed by atoms with van der Waals surface area (Å²) in [7, 11) is 0. The second-order valence-corrected chi connectivity index (χ2v) is 6.71. The van der Waals surface area contributed by atoms with E-state index in [0.29, 0.717) is 18.8 Å². The van der Waals surface area contributed by atoms with Crippen molar-refractivity contribution in [1.29, 1.82) is 0 Å². The quantitative estimate of drug-likeness (QED) is 0.381. The summed E-state index contributed by atoms with van der Waals surface area (Å²) in [4.78, 5) is 38.1. The van der Waals surface area contributed by atoms with Crippen LogP contribution in [0.3, 0.4) is 0 Å². The van der Waals surface area contributed by atoms with E-state index in [1.54, 1.807) is 18.2 Å². The maximum atomic E-state index is 12.3. The van der Waals surface area contributed by atoms with E-state index in [2.05, 4.69) is 10.6 Å². The van der Waals surface area contributed by atoms with Crippen LogP contribution in [0.15, 0.2) is 53.1 Å². The third-order valence-corrected chi connectivity index (χ3v) is 4.61. The molecule has 1 aromatic carbocycles. The van der Waals surface area contributed by atoms with Gasteiger partial charge in [0.15, 0.2) is 10.9 Å². The number of nitrogens with zero attached hydrogens (tertiary/aromatic N) is 1. The lowest BCUT2D eigenvalue weighted by molar-refractivity contribution is -0.148. The molecular weight excluding hydrogens is 410 g/mol. The Morgan fingerprint density at radius 3 is 2.73 bits per heavy atom. The average molecular weight is 431 g/mol. The second kappa shape index (κ2) is 10.4. The molecular formula is C20H21N3O6S. The number of rotatable bonds is 7. The highest BCUT2D eigenvalue weighted by Crippen LogP contribution is 2.12. The number of amides is 2. The number of thiocarbonyl (C=S) groups is 1. The van der Waals surface area contributed by atoms with Crippen molar-refractivity contribution in [3.8, 4) is 5.75 Å². The summed E-state index contributed by atoms with van der Waals surface area (Å²) in [5, 5.41) is 5.25. The number of ether oxygens (including phenoxy) is 2. The lowest BCUT2D eigenvalue weighted by atomic mass is 10.1. The minimum atomic E-state index is -0.884. The van der Waals surface area contributed by atoms with Crippen LogP contribution < -0.4 is 15.4 Å². The number of para-hydroxylation sites is 1. The van der Waals surface area contributed by atoms with Crippen molar-refractivity contribution in [2.24, 2.45) is 0 Å². The predicted molar refractivity (Wildman–Crippen MR) is 110 cm³/mol. The van der Waals surface area contributed by atoms with E-state index in [1.165, 1.54) is 17.2 Å². The molecule has 2 amide bonds. The van der Waals surface area contributed by atoms with Crippen LogP contribution in [0.4, 0.5) is 0 Å². The van der Waals surface area contributed by atoms with Gasteiger partial charge in [-0.1, -0.05) is 18.2 Å². The van der Waals surface area contributed by atoms with E-state index < -0.39 is 17.9 Å². The zero-order valence-corrected chi connectivity index (χ0v) is 16.9. The molecule has 0 saturated carbocycles. The molecule has 30 heavy (non-hydrogen) atoms. The van der Waals surface area contributed by atoms with Crippen LogP contribution in [-0.4, -0.2) is 60.1 Å². The first-order chi connectivity index (χ1) is 14.5. The Labute approximate surface area is 178 Å². The molecule has 0 radical (unpaired) electrons. The normalized spacial score (nSPS) is 15.8. The Balaban J connectivity index is 1.49. The van der Waals surface area contributed by atoms with Gasteiger partial charge in [0, 0.05) is 13.1 Å². The van der Waals surface area contributed by atoms with Crippen molar-refractivity contribution in [3.63, 3.8) is 0 Å². The average Bonchev–Trinajstić information content (AvgIpc) is 3.28. The summed E-state index contributed by atoms with van der Waals surface area (Å²) in [6.45, 7) is 0.916. The minimum absolute atomic E-state index is 0.0384. The zero-order chi connectivity index (χ0) is 21.3. The third-order valence-electron chi connectivity index (χ3n) is 4.28. The first-order valence-corrected chi connectivity index (χ1v) is 9.72. The number of hydrogen-bond acceptors (Lipinski definition) is 7. The highest BCUT2D eigenvalue weighted by atomic mass is 32.1. The van der Waals surface area contributed by atoms with E-state index in [9.17, 15) is 14.4 Å². The minimum Gasteiger partial charge on any atom is -0.490 e. The molecule has 0 aliphatic carbocycles. The van der Waals surface area contributed by atoms with Crippen molar-refractivity contribution in [2.45, 2.75) is 12.5 Å². The van der Waals surface area contributed by atoms with E-state index >= 15 is 0 Å². The van der Waals surface area contributed by atoms with Crippen molar-refractivity contribution < 1.29 is 28.3 Å². The van der Waals surface area contributed by atoms with Gasteiger partial charge in [0.1, 0.15) is 25.0 Å². The number of hydrogen-bond donors (Lipinski definition) is 2. The molecule has 1 fully saturated rings. The van der Waals surface area contributed by atoms with Gasteiger partial charge in [-0.2, -0.15) is 0 Å². The number of furan rings is 1. The van der Waals surface area contributed by atoms with Crippen molar-refractivity contribution in [3.05, 3.63) is 54.5 Å². The fraction of sp³-hybridized carbons (Fsp3) is 0.300. The van der Waals surface area contributed by atoms with Gasteiger partial charge >= 0.3 is 5.97 Å². The molecule has 2 heterocycles. The number of esters is 1. The Bertz CT molecular complexity index is 887. The van der Waals surface area contributed by atoms with Gasteiger partial charge in [0.25, 0.3) is 5.91 Å². The molecule has 0 bridgehead atoms. The number of carbonyl (C=O) groups excluding carboxylic acids is 3. The molecule has 9 nitrogen and oxygen atoms in total. The molecule has 3 rings (SSSR count). The van der Waals surface area contributed by atoms with Gasteiger partial charge in [-0.25, -0.2) is 0 Å². The molecule has 1 unspecified atom stereocenters. The summed E-state index contributed by atoms with van der Waals surface area (Å²) in [5.74, 6) is -0.709. The monoisotopic (exact) mass is 431 g/mol. The lowest BCUT2D eigenvalue weighted by Gasteiger charge is -2.36. The molecule has 1 aromatic heterocycles. The first-order valence-electron chi connectivity index (χ1n) is 9.31. The van der Waals surface area contributed by atoms with Crippen LogP contribution in [0.1, 0.15) is 17.0 Å². The number of carbonyl (C=O) groups is 3. The Kier molecular flexibility index (Phi) is 7.39. The van der Waals surface area contributed by atoms with Gasteiger partial charge in [-0.05, 0) is 36.5 Å². The predicted octanol–water partition coefficient (Wildman–Crippen LogP) is 1.11. The maximum absolute atomic E-state index is 12.3. The second-order valence-electron chi connectivity index (χ2n) is 6.32. The molecule has 158 valence electrons. The van der Waals surface area contributed by atoms with Gasteiger partial charge in [-0.15, -0.1) is 0 Å². The Hall–Kier alpha value is -3.40. The van der Waals surface area contributed by atoms with Crippen LogP contribution in [0.25, 0.3) is 0 Å². The topological polar surface area (TPSA) is 110 Å². The summed E-state index contributed by atoms with van der Waals surface area (Å²) < 4.78 is 15.7. The summed E-state index contributed by atoms with van der Waals surface area (Å²) in [6.07, 6.45) is 1.15. The van der Waals surface area contributed by atoms with Gasteiger partial charge < -0.3 is 24.1 Å². The Morgan fingerprint density at radius 2 is 2.00 bits per heavy atom. The molecule has 10 heteroatoms. The lowest BCUT2D eigenvalue weighted by Crippen LogP contribution is -2.60. The maximum Gasteiger partial charge on any atom is 0.308 e. The van der Waals surface area contributed by atoms with Gasteiger partial charge in [-0.3, -0.25) is 19.7 Å². The fourth-order valence-electron chi connectivity index (χ4n) is 2.85. The van der Waals surface area contributed by atoms with Crippen molar-refractivity contribution >= 4 is 35.1 Å². The largest absolute Gasteiger partial charge is 0.490 e. The molecule has 0 spiro atoms. The Morgan fingerprint density at radius 1 is 1.20 bits per heavy atom. The number of benzene rings is 1. The van der Waals surface area contributed by atoms with E-state index in [4.69, 9.17) is 26.1 Å². The summed E-state index contributed by atoms with van der Waals surface area (Å²) in [6, 6.07) is 11.3. The number of piperazine rings is 1. The first kappa shape index (κ1) is 21.3. The van der Waals surface area contributed by atoms with Crippen LogP contribution in [-0.2, 0) is 14.3 Å². The highest BCUT2D eigenvalue weighted by molar-refractivity contribution is 7.80. The molecule has 2 N–H and O–H groups in total. The highest BCUT2D eigenvalue weighted by Gasteiger charge is 2.34. The van der Waals surface area contributed by atoms with Crippen molar-refractivity contribution in [2.75, 3.05) is 26.3 Å². The van der Waals surface area contributed by atoms with E-state index in [-0.39, 0.29) is 36.4 Å². The molecule has 2 aromatic rings. The fourth-order valence-corrected chi connectivity index (χ4v) is 3.16. The van der Waals surface area contributed by atoms with Crippen molar-refractivity contribution in [1.82, 2.24) is 15.5 Å². The smallest absolute Gasteiger partial charge is 0.308 e. The molecule has 1 atom stereocenters. The third kappa shape index (κ3) is 5.80. The van der Waals surface area contributed by atoms with Crippen LogP contribution in [0, 0.1) is 0 Å². The van der Waals surface area contributed by atoms with E-state index in [1.807, 2.05) is 18.2 Å². The summed E-state index contributed by atoms with van der Waals surface area (Å²) >= 11 is 5.27. The van der Waals surface area contributed by atoms with Gasteiger partial charge in [0.2, 0.25) is 5.91 Å².